The number of sulfonamides is 1. The second kappa shape index (κ2) is 6.06. The summed E-state index contributed by atoms with van der Waals surface area (Å²) in [5.74, 6) is -0.546. The van der Waals surface area contributed by atoms with Gasteiger partial charge in [-0.3, -0.25) is 0 Å². The average Bonchev–Trinajstić information content (AvgIpc) is 2.37. The van der Waals surface area contributed by atoms with Crippen LogP contribution in [-0.2, 0) is 10.0 Å². The molecule has 0 amide bonds. The Hall–Kier alpha value is -0.920. The lowest BCUT2D eigenvalue weighted by atomic mass is 9.94. The predicted octanol–water partition coefficient (Wildman–Crippen LogP) is 2.81. The first kappa shape index (κ1) is 16.5. The van der Waals surface area contributed by atoms with Gasteiger partial charge < -0.3 is 5.11 Å². The largest absolute Gasteiger partial charge is 0.478 e. The van der Waals surface area contributed by atoms with Gasteiger partial charge in [-0.25, -0.2) is 13.2 Å². The van der Waals surface area contributed by atoms with E-state index >= 15 is 0 Å². The van der Waals surface area contributed by atoms with Gasteiger partial charge in [-0.05, 0) is 52.4 Å². The van der Waals surface area contributed by atoms with Crippen LogP contribution in [0.4, 0.5) is 0 Å². The van der Waals surface area contributed by atoms with Gasteiger partial charge in [0.15, 0.2) is 0 Å². The van der Waals surface area contributed by atoms with Crippen molar-refractivity contribution < 1.29 is 18.3 Å². The maximum Gasteiger partial charge on any atom is 0.336 e. The van der Waals surface area contributed by atoms with Crippen molar-refractivity contribution in [3.63, 3.8) is 0 Å². The van der Waals surface area contributed by atoms with Crippen molar-refractivity contribution in [2.45, 2.75) is 25.2 Å². The van der Waals surface area contributed by atoms with Crippen molar-refractivity contribution in [2.24, 2.45) is 11.8 Å². The summed E-state index contributed by atoms with van der Waals surface area (Å²) in [7, 11) is -3.65. The third-order valence-electron chi connectivity index (χ3n) is 3.64. The van der Waals surface area contributed by atoms with Crippen molar-refractivity contribution in [1.82, 2.24) is 4.31 Å². The van der Waals surface area contributed by atoms with Crippen LogP contribution < -0.4 is 0 Å². The number of halogens is 1. The van der Waals surface area contributed by atoms with E-state index in [1.165, 1.54) is 22.5 Å². The first-order valence-corrected chi connectivity index (χ1v) is 8.98. The van der Waals surface area contributed by atoms with Crippen molar-refractivity contribution in [2.75, 3.05) is 13.1 Å². The molecule has 1 saturated heterocycles. The van der Waals surface area contributed by atoms with Gasteiger partial charge in [0.2, 0.25) is 10.0 Å². The summed E-state index contributed by atoms with van der Waals surface area (Å²) >= 11 is 3.12. The number of nitrogens with zero attached hydrogens (tertiary/aromatic N) is 1. The molecule has 1 heterocycles. The van der Waals surface area contributed by atoms with Gasteiger partial charge in [0.25, 0.3) is 0 Å². The minimum absolute atomic E-state index is 0.0319. The first-order chi connectivity index (χ1) is 9.71. The van der Waals surface area contributed by atoms with E-state index in [0.29, 0.717) is 29.4 Å². The highest BCUT2D eigenvalue weighted by Crippen LogP contribution is 2.28. The molecule has 0 unspecified atom stereocenters. The molecule has 0 spiro atoms. The fraction of sp³-hybridized carbons (Fsp3) is 0.500. The number of piperidine rings is 1. The molecule has 0 saturated carbocycles. The zero-order valence-corrected chi connectivity index (χ0v) is 14.3. The molecule has 21 heavy (non-hydrogen) atoms. The van der Waals surface area contributed by atoms with Crippen molar-refractivity contribution in [3.05, 3.63) is 28.2 Å². The molecule has 1 aliphatic rings. The van der Waals surface area contributed by atoms with Gasteiger partial charge in [-0.15, -0.1) is 0 Å². The summed E-state index contributed by atoms with van der Waals surface area (Å²) in [5, 5.41) is 9.11. The molecule has 0 aliphatic carbocycles. The summed E-state index contributed by atoms with van der Waals surface area (Å²) < 4.78 is 27.2. The van der Waals surface area contributed by atoms with Crippen LogP contribution in [0.15, 0.2) is 27.6 Å². The number of benzene rings is 1. The number of rotatable bonds is 3. The van der Waals surface area contributed by atoms with Gasteiger partial charge in [0.05, 0.1) is 10.5 Å². The minimum Gasteiger partial charge on any atom is -0.478 e. The quantitative estimate of drug-likeness (QED) is 0.880. The van der Waals surface area contributed by atoms with Gasteiger partial charge in [-0.2, -0.15) is 4.31 Å². The van der Waals surface area contributed by atoms with Gasteiger partial charge >= 0.3 is 5.97 Å². The third-order valence-corrected chi connectivity index (χ3v) is 6.16. The maximum atomic E-state index is 12.7. The molecule has 1 aromatic rings. The maximum absolute atomic E-state index is 12.7. The molecule has 0 radical (unpaired) electrons. The van der Waals surface area contributed by atoms with E-state index in [4.69, 9.17) is 5.11 Å². The van der Waals surface area contributed by atoms with Crippen LogP contribution in [0.3, 0.4) is 0 Å². The van der Waals surface area contributed by atoms with E-state index in [9.17, 15) is 13.2 Å². The number of hydrogen-bond donors (Lipinski definition) is 1. The van der Waals surface area contributed by atoms with Crippen LogP contribution in [-0.4, -0.2) is 36.9 Å². The first-order valence-electron chi connectivity index (χ1n) is 6.74. The van der Waals surface area contributed by atoms with E-state index in [-0.39, 0.29) is 10.5 Å². The van der Waals surface area contributed by atoms with Crippen LogP contribution in [0.2, 0.25) is 0 Å². The van der Waals surface area contributed by atoms with E-state index < -0.39 is 16.0 Å². The molecule has 7 heteroatoms. The lowest BCUT2D eigenvalue weighted by Gasteiger charge is -2.34. The molecule has 5 nitrogen and oxygen atoms in total. The number of hydrogen-bond acceptors (Lipinski definition) is 3. The van der Waals surface area contributed by atoms with E-state index in [1.807, 2.05) is 13.8 Å². The van der Waals surface area contributed by atoms with Gasteiger partial charge in [-0.1, -0.05) is 13.8 Å². The average molecular weight is 376 g/mol. The Morgan fingerprint density at radius 2 is 1.86 bits per heavy atom. The smallest absolute Gasteiger partial charge is 0.336 e. The molecule has 1 N–H and O–H groups in total. The van der Waals surface area contributed by atoms with Crippen molar-refractivity contribution in [3.8, 4) is 0 Å². The van der Waals surface area contributed by atoms with E-state index in [0.717, 1.165) is 6.42 Å². The minimum atomic E-state index is -3.65. The highest BCUT2D eigenvalue weighted by Gasteiger charge is 2.32. The topological polar surface area (TPSA) is 74.7 Å². The lowest BCUT2D eigenvalue weighted by molar-refractivity contribution is 0.0695. The summed E-state index contributed by atoms with van der Waals surface area (Å²) in [4.78, 5) is 11.2. The molecule has 0 bridgehead atoms. The summed E-state index contributed by atoms with van der Waals surface area (Å²) in [6.45, 7) is 5.02. The SMILES string of the molecule is C[C@@H]1C[C@@H](C)CN(S(=O)(=O)c2ccc(Br)c(C(=O)O)c2)C1. The third kappa shape index (κ3) is 3.46. The van der Waals surface area contributed by atoms with Crippen LogP contribution >= 0.6 is 15.9 Å². The number of carbonyl (C=O) groups is 1. The van der Waals surface area contributed by atoms with Crippen LogP contribution in [0.5, 0.6) is 0 Å². The monoisotopic (exact) mass is 375 g/mol. The fourth-order valence-electron chi connectivity index (χ4n) is 2.78. The molecule has 1 aliphatic heterocycles. The molecule has 2 rings (SSSR count). The van der Waals surface area contributed by atoms with E-state index in [2.05, 4.69) is 15.9 Å². The van der Waals surface area contributed by atoms with Crippen LogP contribution in [0.1, 0.15) is 30.6 Å². The molecule has 2 atom stereocenters. The normalized spacial score (nSPS) is 24.0. The Balaban J connectivity index is 2.40. The zero-order chi connectivity index (χ0) is 15.8. The molecular weight excluding hydrogens is 358 g/mol. The number of carboxylic acids is 1. The molecule has 0 aromatic heterocycles. The number of aromatic carboxylic acids is 1. The molecule has 1 aromatic carbocycles. The summed E-state index contributed by atoms with van der Waals surface area (Å²) in [5.41, 5.74) is -0.0471. The van der Waals surface area contributed by atoms with Crippen molar-refractivity contribution >= 4 is 31.9 Å². The van der Waals surface area contributed by atoms with Gasteiger partial charge in [0, 0.05) is 17.6 Å². The highest BCUT2D eigenvalue weighted by molar-refractivity contribution is 9.10. The Morgan fingerprint density at radius 3 is 2.38 bits per heavy atom. The van der Waals surface area contributed by atoms with Gasteiger partial charge in [0.1, 0.15) is 0 Å². The predicted molar refractivity (Wildman–Crippen MR) is 82.8 cm³/mol. The Morgan fingerprint density at radius 1 is 1.29 bits per heavy atom. The Labute approximate surface area is 133 Å². The summed E-state index contributed by atoms with van der Waals surface area (Å²) in [6, 6.07) is 4.12. The van der Waals surface area contributed by atoms with Crippen LogP contribution in [0.25, 0.3) is 0 Å². The zero-order valence-electron chi connectivity index (χ0n) is 11.9. The molecule has 116 valence electrons. The summed E-state index contributed by atoms with van der Waals surface area (Å²) in [6.07, 6.45) is 1.01. The second-order valence-electron chi connectivity index (χ2n) is 5.71. The highest BCUT2D eigenvalue weighted by atomic mass is 79.9. The second-order valence-corrected chi connectivity index (χ2v) is 8.51. The fourth-order valence-corrected chi connectivity index (χ4v) is 4.90. The standard InChI is InChI=1S/C14H18BrNO4S/c1-9-5-10(2)8-16(7-9)21(19,20)11-3-4-13(15)12(6-11)14(17)18/h3-4,6,9-10H,5,7-8H2,1-2H3,(H,17,18)/t9-,10-/m1/s1. The van der Waals surface area contributed by atoms with Crippen molar-refractivity contribution in [1.29, 1.82) is 0 Å². The molecular formula is C14H18BrNO4S. The molecule has 1 fully saturated rings. The Bertz CT molecular complexity index is 649. The number of carboxylic acid groups (broad SMARTS) is 1. The van der Waals surface area contributed by atoms with Crippen LogP contribution in [0, 0.1) is 11.8 Å². The Kier molecular flexibility index (Phi) is 4.75. The lowest BCUT2D eigenvalue weighted by Crippen LogP contribution is -2.42. The van der Waals surface area contributed by atoms with E-state index in [1.54, 1.807) is 0 Å².